The lowest BCUT2D eigenvalue weighted by molar-refractivity contribution is 0.111. The number of halogens is 2. The first-order chi connectivity index (χ1) is 9.61. The summed E-state index contributed by atoms with van der Waals surface area (Å²) in [5, 5.41) is 0. The Balaban J connectivity index is 0.000000956. The highest BCUT2D eigenvalue weighted by Gasteiger charge is 2.13. The monoisotopic (exact) mass is 281 g/mol. The van der Waals surface area contributed by atoms with Crippen LogP contribution in [0.2, 0.25) is 0 Å². The van der Waals surface area contributed by atoms with Crippen LogP contribution in [0.15, 0.2) is 30.5 Å². The number of carbonyl (C=O) groups is 1. The van der Waals surface area contributed by atoms with Crippen molar-refractivity contribution in [3.05, 3.63) is 47.8 Å². The molecule has 4 N–H and O–H groups in total. The summed E-state index contributed by atoms with van der Waals surface area (Å²) in [6, 6.07) is 5.12. The summed E-state index contributed by atoms with van der Waals surface area (Å²) in [6.07, 6.45) is 1.84. The number of anilines is 1. The van der Waals surface area contributed by atoms with Gasteiger partial charge in [-0.15, -0.1) is 0 Å². The molecule has 0 aliphatic rings. The van der Waals surface area contributed by atoms with E-state index in [2.05, 4.69) is 10.7 Å². The number of aromatic nitrogens is 1. The predicted molar refractivity (Wildman–Crippen MR) is 70.6 cm³/mol. The van der Waals surface area contributed by atoms with E-state index in [-0.39, 0.29) is 22.9 Å². The van der Waals surface area contributed by atoms with E-state index in [1.54, 1.807) is 0 Å². The van der Waals surface area contributed by atoms with Crippen molar-refractivity contribution in [3.8, 4) is 11.5 Å². The quantitative estimate of drug-likeness (QED) is 0.664. The molecule has 5 nitrogen and oxygen atoms in total. The first-order valence-electron chi connectivity index (χ1n) is 5.52. The number of nitrogen functional groups attached to an aromatic ring is 1. The van der Waals surface area contributed by atoms with Crippen molar-refractivity contribution in [1.29, 1.82) is 0 Å². The molecule has 0 aliphatic carbocycles. The Morgan fingerprint density at radius 1 is 1.20 bits per heavy atom. The number of nitrogens with zero attached hydrogens (tertiary/aromatic N) is 1. The largest absolute Gasteiger partial charge is 0.454 e. The molecule has 20 heavy (non-hydrogen) atoms. The van der Waals surface area contributed by atoms with Gasteiger partial charge in [0.1, 0.15) is 11.4 Å². The SMILES string of the molecule is CN.Nc1ccc(Oc2ccnc(C=O)c2)c(F)c1F. The van der Waals surface area contributed by atoms with Gasteiger partial charge >= 0.3 is 0 Å². The number of ether oxygens (including phenoxy) is 1. The lowest BCUT2D eigenvalue weighted by Crippen LogP contribution is -1.97. The smallest absolute Gasteiger partial charge is 0.203 e. The van der Waals surface area contributed by atoms with Crippen LogP contribution < -0.4 is 16.2 Å². The molecule has 0 bridgehead atoms. The summed E-state index contributed by atoms with van der Waals surface area (Å²) in [5.74, 6) is -2.49. The Hall–Kier alpha value is -2.54. The fourth-order valence-electron chi connectivity index (χ4n) is 1.31. The normalized spacial score (nSPS) is 9.40. The van der Waals surface area contributed by atoms with Crippen molar-refractivity contribution in [2.24, 2.45) is 5.73 Å². The molecule has 1 heterocycles. The zero-order valence-electron chi connectivity index (χ0n) is 10.6. The minimum atomic E-state index is -1.18. The maximum Gasteiger partial charge on any atom is 0.203 e. The van der Waals surface area contributed by atoms with Gasteiger partial charge in [0.25, 0.3) is 0 Å². The van der Waals surface area contributed by atoms with Crippen LogP contribution >= 0.6 is 0 Å². The molecule has 1 aromatic carbocycles. The molecule has 0 spiro atoms. The first-order valence-corrected chi connectivity index (χ1v) is 5.52. The van der Waals surface area contributed by atoms with Gasteiger partial charge in [-0.25, -0.2) is 4.39 Å². The Morgan fingerprint density at radius 3 is 2.55 bits per heavy atom. The lowest BCUT2D eigenvalue weighted by Gasteiger charge is -2.08. The average Bonchev–Trinajstić information content (AvgIpc) is 2.50. The molecule has 0 saturated heterocycles. The van der Waals surface area contributed by atoms with Crippen molar-refractivity contribution in [2.45, 2.75) is 0 Å². The van der Waals surface area contributed by atoms with Crippen LogP contribution in [0.25, 0.3) is 0 Å². The zero-order chi connectivity index (χ0) is 15.1. The van der Waals surface area contributed by atoms with Gasteiger partial charge in [-0.05, 0) is 25.2 Å². The van der Waals surface area contributed by atoms with Gasteiger partial charge in [-0.3, -0.25) is 9.78 Å². The lowest BCUT2D eigenvalue weighted by atomic mass is 10.2. The summed E-state index contributed by atoms with van der Waals surface area (Å²) in [5.41, 5.74) is 9.53. The van der Waals surface area contributed by atoms with Crippen LogP contribution in [-0.4, -0.2) is 18.3 Å². The second-order valence-electron chi connectivity index (χ2n) is 3.42. The molecule has 0 aliphatic heterocycles. The molecular weight excluding hydrogens is 268 g/mol. The highest BCUT2D eigenvalue weighted by Crippen LogP contribution is 2.28. The zero-order valence-corrected chi connectivity index (χ0v) is 10.6. The fourth-order valence-corrected chi connectivity index (χ4v) is 1.31. The van der Waals surface area contributed by atoms with Gasteiger partial charge < -0.3 is 16.2 Å². The Kier molecular flexibility index (Phi) is 5.55. The topological polar surface area (TPSA) is 91.2 Å². The molecule has 0 fully saturated rings. The van der Waals surface area contributed by atoms with Crippen molar-refractivity contribution >= 4 is 12.0 Å². The van der Waals surface area contributed by atoms with Crippen LogP contribution in [0.1, 0.15) is 10.5 Å². The molecular formula is C13H13F2N3O2. The molecule has 1 aromatic heterocycles. The van der Waals surface area contributed by atoms with E-state index < -0.39 is 11.6 Å². The number of benzene rings is 1. The second kappa shape index (κ2) is 7.15. The van der Waals surface area contributed by atoms with Crippen LogP contribution in [0.4, 0.5) is 14.5 Å². The average molecular weight is 281 g/mol. The van der Waals surface area contributed by atoms with Gasteiger partial charge in [-0.1, -0.05) is 0 Å². The molecule has 2 rings (SSSR count). The predicted octanol–water partition coefficient (Wildman–Crippen LogP) is 2.12. The maximum atomic E-state index is 13.5. The van der Waals surface area contributed by atoms with Crippen LogP contribution in [0, 0.1) is 11.6 Å². The summed E-state index contributed by atoms with van der Waals surface area (Å²) in [4.78, 5) is 14.2. The second-order valence-corrected chi connectivity index (χ2v) is 3.42. The molecule has 0 unspecified atom stereocenters. The van der Waals surface area contributed by atoms with Crippen molar-refractivity contribution in [1.82, 2.24) is 4.98 Å². The van der Waals surface area contributed by atoms with Crippen LogP contribution in [-0.2, 0) is 0 Å². The molecule has 7 heteroatoms. The van der Waals surface area contributed by atoms with E-state index in [4.69, 9.17) is 10.5 Å². The van der Waals surface area contributed by atoms with E-state index in [1.165, 1.54) is 37.5 Å². The third-order valence-corrected chi connectivity index (χ3v) is 2.18. The van der Waals surface area contributed by atoms with E-state index in [1.807, 2.05) is 0 Å². The Labute approximate surface area is 114 Å². The highest BCUT2D eigenvalue weighted by atomic mass is 19.2. The Bertz CT molecular complexity index is 606. The van der Waals surface area contributed by atoms with Crippen molar-refractivity contribution < 1.29 is 18.3 Å². The van der Waals surface area contributed by atoms with E-state index >= 15 is 0 Å². The number of hydrogen-bond acceptors (Lipinski definition) is 5. The number of hydrogen-bond donors (Lipinski definition) is 2. The minimum absolute atomic E-state index is 0.129. The fraction of sp³-hybridized carbons (Fsp3) is 0.0769. The molecule has 0 radical (unpaired) electrons. The molecule has 106 valence electrons. The number of nitrogens with two attached hydrogens (primary N) is 2. The van der Waals surface area contributed by atoms with Gasteiger partial charge in [0.05, 0.1) is 5.69 Å². The first kappa shape index (κ1) is 15.5. The van der Waals surface area contributed by atoms with Crippen molar-refractivity contribution in [2.75, 3.05) is 12.8 Å². The standard InChI is InChI=1S/C12H8F2N2O2.CH5N/c13-11-9(15)1-2-10(12(11)14)18-8-3-4-16-7(5-8)6-17;1-2/h1-6H,15H2;2H2,1H3. The Morgan fingerprint density at radius 2 is 1.90 bits per heavy atom. The van der Waals surface area contributed by atoms with E-state index in [0.717, 1.165) is 0 Å². The maximum absolute atomic E-state index is 13.5. The third kappa shape index (κ3) is 3.48. The summed E-state index contributed by atoms with van der Waals surface area (Å²) in [6.45, 7) is 0. The summed E-state index contributed by atoms with van der Waals surface area (Å²) < 4.78 is 31.8. The van der Waals surface area contributed by atoms with Crippen molar-refractivity contribution in [3.63, 3.8) is 0 Å². The number of rotatable bonds is 3. The van der Waals surface area contributed by atoms with Crippen LogP contribution in [0.5, 0.6) is 11.5 Å². The molecule has 0 atom stereocenters. The van der Waals surface area contributed by atoms with E-state index in [9.17, 15) is 13.6 Å². The molecule has 2 aromatic rings. The van der Waals surface area contributed by atoms with Gasteiger partial charge in [0.2, 0.25) is 5.82 Å². The molecule has 0 saturated carbocycles. The highest BCUT2D eigenvalue weighted by molar-refractivity contribution is 5.72. The number of aldehydes is 1. The number of carbonyl (C=O) groups excluding carboxylic acids is 1. The van der Waals surface area contributed by atoms with E-state index in [0.29, 0.717) is 6.29 Å². The summed E-state index contributed by atoms with van der Waals surface area (Å²) >= 11 is 0. The summed E-state index contributed by atoms with van der Waals surface area (Å²) in [7, 11) is 1.50. The van der Waals surface area contributed by atoms with Crippen LogP contribution in [0.3, 0.4) is 0 Å². The van der Waals surface area contributed by atoms with Gasteiger partial charge in [0.15, 0.2) is 17.9 Å². The number of pyridine rings is 1. The molecule has 0 amide bonds. The van der Waals surface area contributed by atoms with Gasteiger partial charge in [0, 0.05) is 12.3 Å². The minimum Gasteiger partial charge on any atom is -0.454 e. The van der Waals surface area contributed by atoms with Gasteiger partial charge in [-0.2, -0.15) is 4.39 Å². The third-order valence-electron chi connectivity index (χ3n) is 2.18.